The summed E-state index contributed by atoms with van der Waals surface area (Å²) in [5, 5.41) is 11.4. The molecule has 2 heterocycles. The van der Waals surface area contributed by atoms with Crippen LogP contribution in [0.25, 0.3) is 11.0 Å². The van der Waals surface area contributed by atoms with Gasteiger partial charge >= 0.3 is 5.97 Å². The second kappa shape index (κ2) is 11.3. The Hall–Kier alpha value is -4.47. The molecule has 10 nitrogen and oxygen atoms in total. The third-order valence-corrected chi connectivity index (χ3v) is 6.65. The fourth-order valence-corrected chi connectivity index (χ4v) is 4.82. The van der Waals surface area contributed by atoms with Crippen molar-refractivity contribution in [1.29, 1.82) is 0 Å². The van der Waals surface area contributed by atoms with E-state index in [0.29, 0.717) is 28.0 Å². The normalized spacial score (nSPS) is 14.3. The maximum Gasteiger partial charge on any atom is 0.338 e. The van der Waals surface area contributed by atoms with E-state index in [1.807, 2.05) is 24.3 Å². The molecule has 1 fully saturated rings. The van der Waals surface area contributed by atoms with Gasteiger partial charge in [0.2, 0.25) is 5.91 Å². The summed E-state index contributed by atoms with van der Waals surface area (Å²) < 4.78 is 12.3. The van der Waals surface area contributed by atoms with Gasteiger partial charge in [0.05, 0.1) is 24.0 Å². The van der Waals surface area contributed by atoms with E-state index in [9.17, 15) is 14.4 Å². The van der Waals surface area contributed by atoms with Crippen LogP contribution >= 0.6 is 0 Å². The Labute approximate surface area is 219 Å². The average Bonchev–Trinajstić information content (AvgIpc) is 3.71. The molecular formula is C28H29N5O5. The maximum atomic E-state index is 14.0. The smallest absolute Gasteiger partial charge is 0.338 e. The van der Waals surface area contributed by atoms with E-state index in [0.717, 1.165) is 25.7 Å². The number of fused-ring (bicyclic) bond motifs is 1. The third kappa shape index (κ3) is 5.29. The Balaban J connectivity index is 1.53. The number of benzene rings is 2. The molecule has 1 atom stereocenters. The van der Waals surface area contributed by atoms with Gasteiger partial charge in [0.25, 0.3) is 5.91 Å². The molecule has 2 aromatic carbocycles. The van der Waals surface area contributed by atoms with Gasteiger partial charge in [0.1, 0.15) is 17.8 Å². The highest BCUT2D eigenvalue weighted by Gasteiger charge is 2.36. The lowest BCUT2D eigenvalue weighted by atomic mass is 10.1. The van der Waals surface area contributed by atoms with E-state index in [1.54, 1.807) is 43.3 Å². The summed E-state index contributed by atoms with van der Waals surface area (Å²) in [6, 6.07) is 16.1. The van der Waals surface area contributed by atoms with Crippen LogP contribution in [0.3, 0.4) is 0 Å². The molecule has 2 amide bonds. The molecule has 10 heteroatoms. The van der Waals surface area contributed by atoms with Gasteiger partial charge in [-0.25, -0.2) is 9.48 Å². The van der Waals surface area contributed by atoms with Crippen molar-refractivity contribution in [2.75, 3.05) is 11.5 Å². The Kier molecular flexibility index (Phi) is 7.48. The van der Waals surface area contributed by atoms with Crippen molar-refractivity contribution in [1.82, 2.24) is 20.3 Å². The molecule has 4 aromatic rings. The number of para-hydroxylation sites is 1. The summed E-state index contributed by atoms with van der Waals surface area (Å²) >= 11 is 0. The van der Waals surface area contributed by atoms with Crippen molar-refractivity contribution in [2.45, 2.75) is 51.2 Å². The number of furan rings is 1. The van der Waals surface area contributed by atoms with Gasteiger partial charge in [-0.05, 0) is 68.3 Å². The lowest BCUT2D eigenvalue weighted by molar-refractivity contribution is -0.127. The van der Waals surface area contributed by atoms with Crippen molar-refractivity contribution in [3.63, 3.8) is 0 Å². The van der Waals surface area contributed by atoms with E-state index in [4.69, 9.17) is 9.15 Å². The largest absolute Gasteiger partial charge is 0.467 e. The fourth-order valence-electron chi connectivity index (χ4n) is 4.82. The Morgan fingerprint density at radius 3 is 2.55 bits per heavy atom. The zero-order valence-electron chi connectivity index (χ0n) is 21.1. The minimum atomic E-state index is -1.07. The van der Waals surface area contributed by atoms with Crippen LogP contribution in [0.1, 0.15) is 54.8 Å². The molecule has 0 radical (unpaired) electrons. The number of hydrogen-bond donors (Lipinski definition) is 1. The van der Waals surface area contributed by atoms with Crippen LogP contribution in [0.15, 0.2) is 71.3 Å². The van der Waals surface area contributed by atoms with Crippen LogP contribution in [-0.4, -0.2) is 45.4 Å². The van der Waals surface area contributed by atoms with Crippen LogP contribution in [-0.2, 0) is 20.9 Å². The predicted molar refractivity (Wildman–Crippen MR) is 139 cm³/mol. The molecule has 1 aliphatic carbocycles. The van der Waals surface area contributed by atoms with Gasteiger partial charge < -0.3 is 14.5 Å². The van der Waals surface area contributed by atoms with Gasteiger partial charge in [-0.2, -0.15) is 0 Å². The molecule has 5 rings (SSSR count). The lowest BCUT2D eigenvalue weighted by Crippen LogP contribution is -2.47. The van der Waals surface area contributed by atoms with Crippen molar-refractivity contribution in [2.24, 2.45) is 0 Å². The Morgan fingerprint density at radius 1 is 1.08 bits per heavy atom. The van der Waals surface area contributed by atoms with Crippen LogP contribution < -0.4 is 10.2 Å². The summed E-state index contributed by atoms with van der Waals surface area (Å²) in [6.45, 7) is 1.82. The third-order valence-electron chi connectivity index (χ3n) is 6.65. The number of ether oxygens (including phenoxy) is 1. The molecule has 0 spiro atoms. The number of rotatable bonds is 9. The number of amides is 2. The average molecular weight is 516 g/mol. The van der Waals surface area contributed by atoms with Crippen LogP contribution in [0, 0.1) is 0 Å². The molecule has 1 aliphatic rings. The van der Waals surface area contributed by atoms with E-state index in [-0.39, 0.29) is 25.1 Å². The first kappa shape index (κ1) is 25.2. The minimum Gasteiger partial charge on any atom is -0.467 e. The highest BCUT2D eigenvalue weighted by Crippen LogP contribution is 2.30. The van der Waals surface area contributed by atoms with Gasteiger partial charge in [0, 0.05) is 11.7 Å². The van der Waals surface area contributed by atoms with Gasteiger partial charge in [-0.15, -0.1) is 5.10 Å². The molecule has 0 aliphatic heterocycles. The first-order valence-electron chi connectivity index (χ1n) is 12.8. The van der Waals surface area contributed by atoms with Crippen LogP contribution in [0.5, 0.6) is 0 Å². The standard InChI is InChI=1S/C28H29N5O5/c1-2-37-28(36)19-13-15-21(16-14-19)33(25(34)18-32-23-11-6-5-10-22(23)30-31-32)26(24-12-7-17-38-24)27(35)29-20-8-3-4-9-20/h5-7,10-17,20,26H,2-4,8-9,18H2,1H3,(H,29,35)/t26-/m1/s1. The first-order valence-corrected chi connectivity index (χ1v) is 12.8. The highest BCUT2D eigenvalue weighted by atomic mass is 16.5. The van der Waals surface area contributed by atoms with Gasteiger partial charge in [-0.3, -0.25) is 14.5 Å². The van der Waals surface area contributed by atoms with E-state index >= 15 is 0 Å². The number of hydrogen-bond acceptors (Lipinski definition) is 7. The SMILES string of the molecule is CCOC(=O)c1ccc(N(C(=O)Cn2nnc3ccccc32)[C@@H](C(=O)NC2CCCC2)c2ccco2)cc1. The summed E-state index contributed by atoms with van der Waals surface area (Å²) in [7, 11) is 0. The number of carbonyl (C=O) groups excluding carboxylic acids is 3. The quantitative estimate of drug-likeness (QED) is 0.334. The number of nitrogens with one attached hydrogen (secondary N) is 1. The van der Waals surface area contributed by atoms with E-state index < -0.39 is 17.9 Å². The van der Waals surface area contributed by atoms with Gasteiger partial charge in [0.15, 0.2) is 6.04 Å². The molecule has 0 bridgehead atoms. The number of esters is 1. The van der Waals surface area contributed by atoms with Gasteiger partial charge in [-0.1, -0.05) is 30.2 Å². The molecule has 2 aromatic heterocycles. The molecule has 196 valence electrons. The summed E-state index contributed by atoms with van der Waals surface area (Å²) in [6.07, 6.45) is 5.36. The molecular weight excluding hydrogens is 486 g/mol. The number of aromatic nitrogens is 3. The van der Waals surface area contributed by atoms with E-state index in [2.05, 4.69) is 15.6 Å². The Morgan fingerprint density at radius 2 is 1.84 bits per heavy atom. The van der Waals surface area contributed by atoms with Crippen molar-refractivity contribution in [3.8, 4) is 0 Å². The number of carbonyl (C=O) groups is 3. The monoisotopic (exact) mass is 515 g/mol. The Bertz CT molecular complexity index is 1410. The molecule has 0 saturated heterocycles. The molecule has 38 heavy (non-hydrogen) atoms. The summed E-state index contributed by atoms with van der Waals surface area (Å²) in [5.41, 5.74) is 2.13. The second-order valence-corrected chi connectivity index (χ2v) is 9.17. The van der Waals surface area contributed by atoms with Crippen molar-refractivity contribution >= 4 is 34.5 Å². The minimum absolute atomic E-state index is 0.0439. The maximum absolute atomic E-state index is 14.0. The van der Waals surface area contributed by atoms with Crippen molar-refractivity contribution in [3.05, 3.63) is 78.3 Å². The lowest BCUT2D eigenvalue weighted by Gasteiger charge is -2.31. The topological polar surface area (TPSA) is 120 Å². The number of nitrogens with zero attached hydrogens (tertiary/aromatic N) is 4. The summed E-state index contributed by atoms with van der Waals surface area (Å²) in [5.74, 6) is -0.870. The first-order chi connectivity index (χ1) is 18.5. The van der Waals surface area contributed by atoms with Crippen LogP contribution in [0.4, 0.5) is 5.69 Å². The number of anilines is 1. The molecule has 1 N–H and O–H groups in total. The van der Waals surface area contributed by atoms with Crippen LogP contribution in [0.2, 0.25) is 0 Å². The fraction of sp³-hybridized carbons (Fsp3) is 0.321. The molecule has 0 unspecified atom stereocenters. The van der Waals surface area contributed by atoms with E-state index in [1.165, 1.54) is 15.8 Å². The summed E-state index contributed by atoms with van der Waals surface area (Å²) in [4.78, 5) is 41.3. The predicted octanol–water partition coefficient (Wildman–Crippen LogP) is 4.03. The molecule has 1 saturated carbocycles. The zero-order chi connectivity index (χ0) is 26.5. The highest BCUT2D eigenvalue weighted by molar-refractivity contribution is 6.01. The van der Waals surface area contributed by atoms with Crippen molar-refractivity contribution < 1.29 is 23.5 Å². The zero-order valence-corrected chi connectivity index (χ0v) is 21.1. The second-order valence-electron chi connectivity index (χ2n) is 9.17.